The molecule has 5 nitrogen and oxygen atoms in total. The van der Waals surface area contributed by atoms with E-state index >= 15 is 0 Å². The Balaban J connectivity index is 1.42. The van der Waals surface area contributed by atoms with Crippen molar-refractivity contribution in [3.05, 3.63) is 35.6 Å². The number of halogens is 1. The first-order valence-corrected chi connectivity index (χ1v) is 9.05. The van der Waals surface area contributed by atoms with Crippen LogP contribution in [-0.4, -0.2) is 68.3 Å². The largest absolute Gasteiger partial charge is 0.380 e. The second-order valence-electron chi connectivity index (χ2n) is 7.54. The number of fused-ring (bicyclic) bond motifs is 1. The summed E-state index contributed by atoms with van der Waals surface area (Å²) in [6.07, 6.45) is 0.539. The smallest absolute Gasteiger partial charge is 0.223 e. The van der Waals surface area contributed by atoms with Crippen molar-refractivity contribution in [1.29, 1.82) is 0 Å². The summed E-state index contributed by atoms with van der Waals surface area (Å²) in [5.41, 5.74) is 0.887. The second-order valence-corrected chi connectivity index (χ2v) is 7.54. The molecule has 0 N–H and O–H groups in total. The molecule has 1 amide bonds. The van der Waals surface area contributed by atoms with Gasteiger partial charge >= 0.3 is 0 Å². The van der Waals surface area contributed by atoms with Gasteiger partial charge in [0.25, 0.3) is 0 Å². The lowest BCUT2D eigenvalue weighted by atomic mass is 9.77. The van der Waals surface area contributed by atoms with Crippen LogP contribution >= 0.6 is 0 Å². The monoisotopic (exact) mass is 348 g/mol. The Bertz CT molecular complexity index is 635. The summed E-state index contributed by atoms with van der Waals surface area (Å²) >= 11 is 0. The summed E-state index contributed by atoms with van der Waals surface area (Å²) in [6.45, 7) is 6.47. The average Bonchev–Trinajstić information content (AvgIpc) is 3.11. The van der Waals surface area contributed by atoms with Crippen LogP contribution in [0.15, 0.2) is 24.3 Å². The zero-order valence-electron chi connectivity index (χ0n) is 14.5. The molecule has 3 saturated heterocycles. The Morgan fingerprint density at radius 3 is 2.92 bits per heavy atom. The minimum atomic E-state index is -0.197. The topological polar surface area (TPSA) is 42.0 Å². The molecule has 1 aromatic carbocycles. The molecule has 6 heteroatoms. The molecule has 3 aliphatic rings. The van der Waals surface area contributed by atoms with Crippen LogP contribution in [0, 0.1) is 17.2 Å². The summed E-state index contributed by atoms with van der Waals surface area (Å²) in [4.78, 5) is 17.0. The first-order valence-electron chi connectivity index (χ1n) is 9.05. The van der Waals surface area contributed by atoms with E-state index in [4.69, 9.17) is 9.47 Å². The second kappa shape index (κ2) is 7.02. The summed E-state index contributed by atoms with van der Waals surface area (Å²) in [7, 11) is 0. The fourth-order valence-corrected chi connectivity index (χ4v) is 4.43. The van der Waals surface area contributed by atoms with Crippen LogP contribution < -0.4 is 0 Å². The fourth-order valence-electron chi connectivity index (χ4n) is 4.43. The Morgan fingerprint density at radius 2 is 2.12 bits per heavy atom. The normalized spacial score (nSPS) is 29.8. The third kappa shape index (κ3) is 3.57. The van der Waals surface area contributed by atoms with Gasteiger partial charge in [-0.05, 0) is 17.7 Å². The molecule has 0 unspecified atom stereocenters. The Hall–Kier alpha value is -1.50. The van der Waals surface area contributed by atoms with Crippen molar-refractivity contribution < 1.29 is 18.7 Å². The lowest BCUT2D eigenvalue weighted by molar-refractivity contribution is -0.138. The summed E-state index contributed by atoms with van der Waals surface area (Å²) in [5.74, 6) is 0.398. The van der Waals surface area contributed by atoms with E-state index in [-0.39, 0.29) is 17.1 Å². The molecule has 25 heavy (non-hydrogen) atoms. The molecular weight excluding hydrogens is 323 g/mol. The highest BCUT2D eigenvalue weighted by Crippen LogP contribution is 2.44. The predicted molar refractivity (Wildman–Crippen MR) is 90.4 cm³/mol. The molecule has 2 atom stereocenters. The highest BCUT2D eigenvalue weighted by atomic mass is 19.1. The van der Waals surface area contributed by atoms with Gasteiger partial charge in [-0.3, -0.25) is 9.69 Å². The molecule has 3 fully saturated rings. The number of benzene rings is 1. The molecular formula is C19H25FN2O3. The minimum absolute atomic E-state index is 0.0945. The number of hydrogen-bond donors (Lipinski definition) is 0. The van der Waals surface area contributed by atoms with E-state index in [0.717, 1.165) is 31.8 Å². The van der Waals surface area contributed by atoms with Gasteiger partial charge in [-0.15, -0.1) is 0 Å². The third-order valence-electron chi connectivity index (χ3n) is 5.75. The zero-order chi connectivity index (χ0) is 17.3. The van der Waals surface area contributed by atoms with Crippen molar-refractivity contribution in [1.82, 2.24) is 9.80 Å². The van der Waals surface area contributed by atoms with E-state index in [2.05, 4.69) is 4.90 Å². The number of ether oxygens (including phenoxy) is 2. The van der Waals surface area contributed by atoms with Crippen molar-refractivity contribution in [2.45, 2.75) is 13.0 Å². The standard InChI is InChI=1S/C19H25FN2O3/c20-17-3-1-2-15(8-17)10-21-11-16-12-25-14-19(16,13-21)9-18(23)22-4-6-24-7-5-22/h1-3,8,16H,4-7,9-14H2/t16-,19+/m1/s1. The minimum Gasteiger partial charge on any atom is -0.380 e. The van der Waals surface area contributed by atoms with Gasteiger partial charge < -0.3 is 14.4 Å². The summed E-state index contributed by atoms with van der Waals surface area (Å²) in [6, 6.07) is 6.77. The van der Waals surface area contributed by atoms with Gasteiger partial charge in [0, 0.05) is 50.5 Å². The number of carbonyl (C=O) groups is 1. The average molecular weight is 348 g/mol. The van der Waals surface area contributed by atoms with Crippen LogP contribution in [-0.2, 0) is 20.8 Å². The third-order valence-corrected chi connectivity index (χ3v) is 5.75. The molecule has 1 aromatic rings. The van der Waals surface area contributed by atoms with Gasteiger partial charge in [-0.1, -0.05) is 12.1 Å². The van der Waals surface area contributed by atoms with Gasteiger partial charge in [-0.2, -0.15) is 0 Å². The van der Waals surface area contributed by atoms with Gasteiger partial charge in [0.05, 0.1) is 26.4 Å². The first-order chi connectivity index (χ1) is 12.1. The van der Waals surface area contributed by atoms with Crippen LogP contribution in [0.3, 0.4) is 0 Å². The molecule has 0 aliphatic carbocycles. The van der Waals surface area contributed by atoms with Crippen molar-refractivity contribution in [3.63, 3.8) is 0 Å². The quantitative estimate of drug-likeness (QED) is 0.827. The van der Waals surface area contributed by atoms with E-state index < -0.39 is 0 Å². The molecule has 0 aromatic heterocycles. The maximum Gasteiger partial charge on any atom is 0.223 e. The van der Waals surface area contributed by atoms with Crippen LogP contribution in [0.2, 0.25) is 0 Å². The van der Waals surface area contributed by atoms with Crippen LogP contribution in [0.1, 0.15) is 12.0 Å². The zero-order valence-corrected chi connectivity index (χ0v) is 14.5. The number of hydrogen-bond acceptors (Lipinski definition) is 4. The molecule has 4 rings (SSSR count). The van der Waals surface area contributed by atoms with E-state index in [1.54, 1.807) is 12.1 Å². The molecule has 0 bridgehead atoms. The van der Waals surface area contributed by atoms with Gasteiger partial charge in [0.2, 0.25) is 5.91 Å². The van der Waals surface area contributed by atoms with Crippen molar-refractivity contribution >= 4 is 5.91 Å². The van der Waals surface area contributed by atoms with E-state index in [1.807, 2.05) is 11.0 Å². The number of morpholine rings is 1. The highest BCUT2D eigenvalue weighted by molar-refractivity contribution is 5.77. The van der Waals surface area contributed by atoms with Gasteiger partial charge in [0.1, 0.15) is 5.82 Å². The summed E-state index contributed by atoms with van der Waals surface area (Å²) in [5, 5.41) is 0. The Morgan fingerprint density at radius 1 is 1.28 bits per heavy atom. The number of carbonyl (C=O) groups excluding carboxylic acids is 1. The molecule has 0 saturated carbocycles. The number of nitrogens with zero attached hydrogens (tertiary/aromatic N) is 2. The van der Waals surface area contributed by atoms with Crippen molar-refractivity contribution in [2.24, 2.45) is 11.3 Å². The lowest BCUT2D eigenvalue weighted by Crippen LogP contribution is -2.44. The highest BCUT2D eigenvalue weighted by Gasteiger charge is 2.51. The van der Waals surface area contributed by atoms with Crippen LogP contribution in [0.5, 0.6) is 0 Å². The molecule has 136 valence electrons. The Labute approximate surface area is 147 Å². The van der Waals surface area contributed by atoms with E-state index in [0.29, 0.717) is 45.2 Å². The summed E-state index contributed by atoms with van der Waals surface area (Å²) < 4.78 is 24.5. The molecule has 0 spiro atoms. The molecule has 3 aliphatic heterocycles. The van der Waals surface area contributed by atoms with Crippen molar-refractivity contribution in [2.75, 3.05) is 52.6 Å². The van der Waals surface area contributed by atoms with E-state index in [1.165, 1.54) is 6.07 Å². The van der Waals surface area contributed by atoms with Crippen molar-refractivity contribution in [3.8, 4) is 0 Å². The van der Waals surface area contributed by atoms with E-state index in [9.17, 15) is 9.18 Å². The van der Waals surface area contributed by atoms with Crippen LogP contribution in [0.4, 0.5) is 4.39 Å². The van der Waals surface area contributed by atoms with Gasteiger partial charge in [-0.25, -0.2) is 4.39 Å². The lowest BCUT2D eigenvalue weighted by Gasteiger charge is -2.32. The maximum absolute atomic E-state index is 13.4. The SMILES string of the molecule is O=C(C[C@]12COC[C@H]1CN(Cc1cccc(F)c1)C2)N1CCOCC1. The number of amides is 1. The van der Waals surface area contributed by atoms with Crippen LogP contribution in [0.25, 0.3) is 0 Å². The first kappa shape index (κ1) is 16.9. The predicted octanol–water partition coefficient (Wildman–Crippen LogP) is 1.52. The molecule has 0 radical (unpaired) electrons. The Kier molecular flexibility index (Phi) is 4.75. The fraction of sp³-hybridized carbons (Fsp3) is 0.632. The van der Waals surface area contributed by atoms with Gasteiger partial charge in [0.15, 0.2) is 0 Å². The number of rotatable bonds is 4. The number of likely N-dealkylation sites (tertiary alicyclic amines) is 1. The molecule has 3 heterocycles. The maximum atomic E-state index is 13.4.